The van der Waals surface area contributed by atoms with E-state index in [1.54, 1.807) is 16.0 Å². The molecular weight excluding hydrogens is 704 g/mol. The number of β-amino-alcohol motifs (C(OH)–C–C–N with tert-alkyl or cyclic N) is 1. The number of carbonyl (C=O) groups excluding carboxylic acids is 2. The van der Waals surface area contributed by atoms with Crippen LogP contribution in [0.25, 0.3) is 10.4 Å². The number of aliphatic hydroxyl groups excluding tert-OH is 1. The summed E-state index contributed by atoms with van der Waals surface area (Å²) < 4.78 is 8.63. The van der Waals surface area contributed by atoms with Gasteiger partial charge in [-0.2, -0.15) is 0 Å². The SMILES string of the molecule is Cc1ncsc1-c1ccc(C(C)NC(=O)[C@@H]2C[C@@H](O)CN2C(=O)C(n2cc(CCCCCOc3cccc(Br)c3C)nn2)C(C)(C)C)cc1. The van der Waals surface area contributed by atoms with Gasteiger partial charge in [-0.3, -0.25) is 9.59 Å². The van der Waals surface area contributed by atoms with Crippen molar-refractivity contribution in [2.24, 2.45) is 5.41 Å². The van der Waals surface area contributed by atoms with Crippen LogP contribution in [0.5, 0.6) is 5.75 Å². The smallest absolute Gasteiger partial charge is 0.248 e. The summed E-state index contributed by atoms with van der Waals surface area (Å²) in [5.74, 6) is 0.353. The molecule has 2 amide bonds. The maximum Gasteiger partial charge on any atom is 0.248 e. The van der Waals surface area contributed by atoms with Crippen molar-refractivity contribution in [3.05, 3.63) is 81.2 Å². The van der Waals surface area contributed by atoms with Crippen LogP contribution in [-0.2, 0) is 16.0 Å². The van der Waals surface area contributed by atoms with Crippen LogP contribution in [0.2, 0.25) is 0 Å². The Balaban J connectivity index is 1.18. The number of likely N-dealkylation sites (tertiary alicyclic amines) is 1. The number of halogens is 1. The highest BCUT2D eigenvalue weighted by Gasteiger charge is 2.45. The van der Waals surface area contributed by atoms with Gasteiger partial charge in [0, 0.05) is 29.2 Å². The molecular formula is C37H47BrN6O4S. The molecule has 1 aliphatic rings. The van der Waals surface area contributed by atoms with Crippen LogP contribution in [0.3, 0.4) is 0 Å². The minimum absolute atomic E-state index is 0.0872. The van der Waals surface area contributed by atoms with Crippen LogP contribution in [-0.4, -0.2) is 67.1 Å². The van der Waals surface area contributed by atoms with Crippen molar-refractivity contribution in [2.75, 3.05) is 13.2 Å². The number of aliphatic hydroxyl groups is 1. The van der Waals surface area contributed by atoms with Crippen molar-refractivity contribution < 1.29 is 19.4 Å². The van der Waals surface area contributed by atoms with E-state index in [1.165, 1.54) is 4.90 Å². The third kappa shape index (κ3) is 8.95. The molecule has 0 aliphatic carbocycles. The van der Waals surface area contributed by atoms with Crippen molar-refractivity contribution >= 4 is 39.1 Å². The zero-order chi connectivity index (χ0) is 35.3. The molecule has 10 nitrogen and oxygen atoms in total. The molecule has 2 aromatic heterocycles. The quantitative estimate of drug-likeness (QED) is 0.141. The summed E-state index contributed by atoms with van der Waals surface area (Å²) in [6, 6.07) is 12.3. The molecule has 262 valence electrons. The first kappa shape index (κ1) is 36.7. The molecule has 4 atom stereocenters. The number of nitrogens with zero attached hydrogens (tertiary/aromatic N) is 5. The number of unbranched alkanes of at least 4 members (excludes halogenated alkanes) is 2. The highest BCUT2D eigenvalue weighted by atomic mass is 79.9. The Kier molecular flexibility index (Phi) is 11.9. The fraction of sp³-hybridized carbons (Fsp3) is 0.486. The first-order chi connectivity index (χ1) is 23.3. The van der Waals surface area contributed by atoms with Crippen LogP contribution >= 0.6 is 27.3 Å². The third-order valence-electron chi connectivity index (χ3n) is 9.07. The summed E-state index contributed by atoms with van der Waals surface area (Å²) in [4.78, 5) is 34.8. The molecule has 12 heteroatoms. The molecule has 0 saturated carbocycles. The number of ether oxygens (including phenoxy) is 1. The van der Waals surface area contributed by atoms with Crippen molar-refractivity contribution in [1.82, 2.24) is 30.2 Å². The fourth-order valence-corrected chi connectivity index (χ4v) is 7.46. The molecule has 5 rings (SSSR count). The number of hydrogen-bond acceptors (Lipinski definition) is 8. The predicted octanol–water partition coefficient (Wildman–Crippen LogP) is 7.00. The van der Waals surface area contributed by atoms with E-state index in [9.17, 15) is 14.7 Å². The van der Waals surface area contributed by atoms with Crippen molar-refractivity contribution in [1.29, 1.82) is 0 Å². The summed E-state index contributed by atoms with van der Waals surface area (Å²) in [5, 5.41) is 22.5. The first-order valence-electron chi connectivity index (χ1n) is 16.9. The number of amides is 2. The molecule has 1 aliphatic heterocycles. The van der Waals surface area contributed by atoms with Gasteiger partial charge in [-0.05, 0) is 75.1 Å². The molecule has 2 unspecified atom stereocenters. The van der Waals surface area contributed by atoms with E-state index in [-0.39, 0.29) is 30.8 Å². The standard InChI is InChI=1S/C37H47BrN6O4S/c1-23-30(38)12-10-13-32(23)48-18-9-7-8-11-28-20-44(42-41-28)34(37(4,5)6)36(47)43-21-29(45)19-31(43)35(46)40-24(2)26-14-16-27(17-15-26)33-25(3)39-22-49-33/h10,12-17,20,22,24,29,31,34,45H,7-9,11,18-19,21H2,1-6H3,(H,40,46)/t24?,29-,31+,34?/m1/s1. The zero-order valence-electron chi connectivity index (χ0n) is 29.1. The largest absolute Gasteiger partial charge is 0.493 e. The molecule has 4 aromatic rings. The molecule has 0 spiro atoms. The molecule has 3 heterocycles. The topological polar surface area (TPSA) is 122 Å². The Bertz CT molecular complexity index is 1730. The van der Waals surface area contributed by atoms with Gasteiger partial charge >= 0.3 is 0 Å². The van der Waals surface area contributed by atoms with E-state index >= 15 is 0 Å². The Labute approximate surface area is 301 Å². The highest BCUT2D eigenvalue weighted by molar-refractivity contribution is 9.10. The lowest BCUT2D eigenvalue weighted by atomic mass is 9.85. The number of carbonyl (C=O) groups is 2. The van der Waals surface area contributed by atoms with Gasteiger partial charge in [0.15, 0.2) is 0 Å². The van der Waals surface area contributed by atoms with E-state index in [1.807, 2.05) is 95.7 Å². The summed E-state index contributed by atoms with van der Waals surface area (Å²) in [7, 11) is 0. The summed E-state index contributed by atoms with van der Waals surface area (Å²) in [6.45, 7) is 12.6. The second-order valence-corrected chi connectivity index (χ2v) is 15.7. The van der Waals surface area contributed by atoms with Gasteiger partial charge in [-0.1, -0.05) is 72.2 Å². The Morgan fingerprint density at radius 1 is 1.12 bits per heavy atom. The number of nitrogens with one attached hydrogen (secondary N) is 1. The summed E-state index contributed by atoms with van der Waals surface area (Å²) in [5.41, 5.74) is 6.24. The van der Waals surface area contributed by atoms with Crippen molar-refractivity contribution in [3.8, 4) is 16.2 Å². The van der Waals surface area contributed by atoms with Crippen molar-refractivity contribution in [3.63, 3.8) is 0 Å². The summed E-state index contributed by atoms with van der Waals surface area (Å²) >= 11 is 5.14. The van der Waals surface area contributed by atoms with E-state index in [0.717, 1.165) is 68.9 Å². The minimum atomic E-state index is -0.792. The molecule has 2 aromatic carbocycles. The van der Waals surface area contributed by atoms with Crippen LogP contribution < -0.4 is 10.1 Å². The Morgan fingerprint density at radius 3 is 2.57 bits per heavy atom. The lowest BCUT2D eigenvalue weighted by molar-refractivity contribution is -0.144. The molecule has 0 bridgehead atoms. The Hall–Kier alpha value is -3.61. The van der Waals surface area contributed by atoms with Crippen molar-refractivity contribution in [2.45, 2.75) is 97.9 Å². The molecule has 0 radical (unpaired) electrons. The van der Waals surface area contributed by atoms with Gasteiger partial charge in [0.1, 0.15) is 17.8 Å². The van der Waals surface area contributed by atoms with Crippen LogP contribution in [0, 0.1) is 19.3 Å². The number of benzene rings is 2. The fourth-order valence-electron chi connectivity index (χ4n) is 6.30. The minimum Gasteiger partial charge on any atom is -0.493 e. The lowest BCUT2D eigenvalue weighted by Crippen LogP contribution is -2.50. The second-order valence-electron chi connectivity index (χ2n) is 14.0. The van der Waals surface area contributed by atoms with Crippen LogP contribution in [0.4, 0.5) is 0 Å². The van der Waals surface area contributed by atoms with E-state index < -0.39 is 23.6 Å². The number of aromatic nitrogens is 4. The van der Waals surface area contributed by atoms with Gasteiger partial charge in [0.05, 0.1) is 40.5 Å². The van der Waals surface area contributed by atoms with E-state index in [2.05, 4.69) is 36.5 Å². The average Bonchev–Trinajstić information content (AvgIpc) is 3.80. The van der Waals surface area contributed by atoms with E-state index in [0.29, 0.717) is 6.61 Å². The molecule has 1 saturated heterocycles. The average molecular weight is 752 g/mol. The number of thiazole rings is 1. The van der Waals surface area contributed by atoms with Gasteiger partial charge in [0.2, 0.25) is 11.8 Å². The monoisotopic (exact) mass is 750 g/mol. The van der Waals surface area contributed by atoms with Gasteiger partial charge in [-0.25, -0.2) is 9.67 Å². The normalized spacial score (nSPS) is 17.6. The number of hydrogen-bond donors (Lipinski definition) is 2. The lowest BCUT2D eigenvalue weighted by Gasteiger charge is -2.34. The van der Waals surface area contributed by atoms with Gasteiger partial charge < -0.3 is 20.1 Å². The molecule has 49 heavy (non-hydrogen) atoms. The summed E-state index contributed by atoms with van der Waals surface area (Å²) in [6.07, 6.45) is 4.77. The van der Waals surface area contributed by atoms with Crippen LogP contribution in [0.15, 0.2) is 58.6 Å². The predicted molar refractivity (Wildman–Crippen MR) is 195 cm³/mol. The van der Waals surface area contributed by atoms with Gasteiger partial charge in [-0.15, -0.1) is 16.4 Å². The van der Waals surface area contributed by atoms with Crippen LogP contribution in [0.1, 0.15) is 88.0 Å². The third-order valence-corrected chi connectivity index (χ3v) is 10.9. The zero-order valence-corrected chi connectivity index (χ0v) is 31.6. The second kappa shape index (κ2) is 15.9. The number of aryl methyl sites for hydroxylation is 2. The first-order valence-corrected chi connectivity index (χ1v) is 18.6. The maximum atomic E-state index is 14.2. The highest BCUT2D eigenvalue weighted by Crippen LogP contribution is 2.35. The van der Waals surface area contributed by atoms with E-state index in [4.69, 9.17) is 4.74 Å². The maximum absolute atomic E-state index is 14.2. The molecule has 2 N–H and O–H groups in total. The number of rotatable bonds is 13. The molecule has 1 fully saturated rings. The Morgan fingerprint density at radius 2 is 1.88 bits per heavy atom. The van der Waals surface area contributed by atoms with Gasteiger partial charge in [0.25, 0.3) is 0 Å².